The molecule has 10 heteroatoms. The number of benzene rings is 6. The second kappa shape index (κ2) is 11.0. The predicted octanol–water partition coefficient (Wildman–Crippen LogP) is -0.421. The first-order valence-electron chi connectivity index (χ1n) is 14.5. The monoisotopic (exact) mass is 554 g/mol. The maximum atomic E-state index is 6.92. The smallest absolute Gasteiger partial charge is 0.114 e. The largest absolute Gasteiger partial charge is 0.295 e. The first-order valence-corrected chi connectivity index (χ1v) is 14.5. The van der Waals surface area contributed by atoms with E-state index in [0.29, 0.717) is 39.2 Å². The summed E-state index contributed by atoms with van der Waals surface area (Å²) in [4.78, 5) is 4.94. The van der Waals surface area contributed by atoms with E-state index in [1.54, 1.807) is 0 Å². The number of aromatic nitrogens is 2. The van der Waals surface area contributed by atoms with Gasteiger partial charge in [-0.05, 0) is 62.0 Å². The second-order valence-corrected chi connectivity index (χ2v) is 11.2. The number of rotatable bonds is 4. The lowest BCUT2D eigenvalue weighted by Crippen LogP contribution is -2.50. The summed E-state index contributed by atoms with van der Waals surface area (Å²) in [6, 6.07) is 25.9. The van der Waals surface area contributed by atoms with Crippen LogP contribution < -0.4 is 43.7 Å². The molecule has 0 saturated carbocycles. The van der Waals surface area contributed by atoms with E-state index < -0.39 is 0 Å². The molecule has 0 spiro atoms. The Kier molecular flexibility index (Phi) is 7.23. The molecule has 0 unspecified atom stereocenters. The molecule has 7 aromatic rings. The van der Waals surface area contributed by atoms with Crippen molar-refractivity contribution in [2.45, 2.75) is 13.3 Å². The van der Waals surface area contributed by atoms with Crippen molar-refractivity contribution in [2.24, 2.45) is 0 Å². The van der Waals surface area contributed by atoms with Crippen LogP contribution in [0, 0.1) is 0 Å². The third kappa shape index (κ3) is 4.32. The van der Waals surface area contributed by atoms with Crippen LogP contribution in [-0.4, -0.2) is 72.3 Å². The van der Waals surface area contributed by atoms with Crippen LogP contribution in [0.25, 0.3) is 60.5 Å². The molecule has 0 aliphatic heterocycles. The summed E-state index contributed by atoms with van der Waals surface area (Å²) < 4.78 is 2.03. The minimum atomic E-state index is 0.169. The molecule has 45 heavy (non-hydrogen) atoms. The molecular formula is C35H18B8N2. The Morgan fingerprint density at radius 1 is 0.511 bits per heavy atom. The number of aryl methyl sites for hydroxylation is 1. The Labute approximate surface area is 273 Å². The summed E-state index contributed by atoms with van der Waals surface area (Å²) in [6.45, 7) is 2.03. The fourth-order valence-electron chi connectivity index (χ4n) is 6.48. The van der Waals surface area contributed by atoms with Crippen molar-refractivity contribution in [2.75, 3.05) is 0 Å². The van der Waals surface area contributed by atoms with Crippen LogP contribution in [0.3, 0.4) is 0 Å². The maximum Gasteiger partial charge on any atom is 0.114 e. The van der Waals surface area contributed by atoms with Crippen LogP contribution in [0.2, 0.25) is 0 Å². The van der Waals surface area contributed by atoms with E-state index in [4.69, 9.17) is 67.8 Å². The lowest BCUT2D eigenvalue weighted by molar-refractivity contribution is 0.917. The van der Waals surface area contributed by atoms with E-state index in [2.05, 4.69) is 6.07 Å². The normalized spacial score (nSPS) is 11.6. The minimum absolute atomic E-state index is 0.169. The van der Waals surface area contributed by atoms with Gasteiger partial charge in [0.25, 0.3) is 0 Å². The average molecular weight is 553 g/mol. The molecular weight excluding hydrogens is 535 g/mol. The highest BCUT2D eigenvalue weighted by Gasteiger charge is 2.26. The molecule has 0 fully saturated rings. The third-order valence-electron chi connectivity index (χ3n) is 8.72. The Bertz CT molecular complexity index is 2260. The molecule has 1 heterocycles. The number of nitrogens with zero attached hydrogens (tertiary/aromatic N) is 2. The van der Waals surface area contributed by atoms with Gasteiger partial charge in [-0.25, -0.2) is 4.98 Å². The standard InChI is InChI=1S/C35H18B8N2/c1-2-21-44-19-13-6-7-14-20(19)45(21)35-25-23(27(36)31(40)33(42)29(25)38)22(24-26(35)30(39)34(43)32(41)28(24)37)18-12-8-11-17(15-18)16-9-4-3-5-10-16/h3-15H,2H2,1H3. The van der Waals surface area contributed by atoms with Crippen molar-refractivity contribution in [1.82, 2.24) is 9.55 Å². The lowest BCUT2D eigenvalue weighted by Gasteiger charge is -2.29. The number of imidazole rings is 1. The quantitative estimate of drug-likeness (QED) is 0.214. The van der Waals surface area contributed by atoms with E-state index in [1.165, 1.54) is 0 Å². The molecule has 0 aliphatic carbocycles. The molecule has 7 rings (SSSR count). The molecule has 0 amide bonds. The lowest BCUT2D eigenvalue weighted by atomic mass is 9.60. The zero-order valence-corrected chi connectivity index (χ0v) is 24.7. The van der Waals surface area contributed by atoms with Crippen molar-refractivity contribution in [3.05, 3.63) is 84.7 Å². The SMILES string of the molecule is [B]c1c([B])c([B])c2c(-n3c(CC)nc4ccccc43)c3c([B])c([B])c([B])c([B])c3c(-c3cccc(-c4ccccc4)c3)c2c1[B]. The summed E-state index contributed by atoms with van der Waals surface area (Å²) in [6.07, 6.45) is 0.595. The Morgan fingerprint density at radius 3 is 1.58 bits per heavy atom. The van der Waals surface area contributed by atoms with Gasteiger partial charge in [0.2, 0.25) is 0 Å². The predicted molar refractivity (Wildman–Crippen MR) is 199 cm³/mol. The van der Waals surface area contributed by atoms with Crippen molar-refractivity contribution in [3.8, 4) is 27.9 Å². The summed E-state index contributed by atoms with van der Waals surface area (Å²) in [5.41, 5.74) is 7.41. The van der Waals surface area contributed by atoms with E-state index in [0.717, 1.165) is 33.5 Å². The highest BCUT2D eigenvalue weighted by molar-refractivity contribution is 6.71. The van der Waals surface area contributed by atoms with Crippen molar-refractivity contribution < 1.29 is 0 Å². The van der Waals surface area contributed by atoms with Gasteiger partial charge in [0.15, 0.2) is 0 Å². The number of fused-ring (bicyclic) bond motifs is 3. The Morgan fingerprint density at radius 2 is 1.00 bits per heavy atom. The van der Waals surface area contributed by atoms with Crippen LogP contribution >= 0.6 is 0 Å². The topological polar surface area (TPSA) is 17.8 Å². The number of hydrogen-bond donors (Lipinski definition) is 0. The molecule has 2 nitrogen and oxygen atoms in total. The second-order valence-electron chi connectivity index (χ2n) is 11.2. The van der Waals surface area contributed by atoms with Crippen LogP contribution in [-0.2, 0) is 6.42 Å². The summed E-state index contributed by atoms with van der Waals surface area (Å²) >= 11 is 0. The zero-order valence-electron chi connectivity index (χ0n) is 24.7. The van der Waals surface area contributed by atoms with Gasteiger partial charge < -0.3 is 0 Å². The fourth-order valence-corrected chi connectivity index (χ4v) is 6.48. The maximum absolute atomic E-state index is 6.92. The third-order valence-corrected chi connectivity index (χ3v) is 8.72. The van der Waals surface area contributed by atoms with Crippen LogP contribution in [0.15, 0.2) is 78.9 Å². The molecule has 0 bridgehead atoms. The van der Waals surface area contributed by atoms with E-state index in [9.17, 15) is 0 Å². The van der Waals surface area contributed by atoms with E-state index in [1.807, 2.05) is 84.3 Å². The molecule has 16 radical (unpaired) electrons. The van der Waals surface area contributed by atoms with Crippen LogP contribution in [0.4, 0.5) is 0 Å². The van der Waals surface area contributed by atoms with Gasteiger partial charge in [0.1, 0.15) is 68.6 Å². The van der Waals surface area contributed by atoms with E-state index >= 15 is 0 Å². The van der Waals surface area contributed by atoms with Gasteiger partial charge in [-0.3, -0.25) is 4.57 Å². The summed E-state index contributed by atoms with van der Waals surface area (Å²) in [5.74, 6) is 0.763. The summed E-state index contributed by atoms with van der Waals surface area (Å²) in [5, 5.41) is 2.25. The molecule has 1 aromatic heterocycles. The Hall–Kier alpha value is -4.17. The van der Waals surface area contributed by atoms with Crippen LogP contribution in [0.1, 0.15) is 12.7 Å². The highest BCUT2D eigenvalue weighted by Crippen LogP contribution is 2.40. The minimum Gasteiger partial charge on any atom is -0.295 e. The van der Waals surface area contributed by atoms with Gasteiger partial charge in [0.05, 0.1) is 16.7 Å². The van der Waals surface area contributed by atoms with Crippen molar-refractivity contribution in [1.29, 1.82) is 0 Å². The van der Waals surface area contributed by atoms with Gasteiger partial charge in [-0.1, -0.05) is 89.4 Å². The van der Waals surface area contributed by atoms with Gasteiger partial charge in [0, 0.05) is 6.42 Å². The highest BCUT2D eigenvalue weighted by atomic mass is 15.1. The van der Waals surface area contributed by atoms with E-state index in [-0.39, 0.29) is 43.7 Å². The molecule has 0 N–H and O–H groups in total. The fraction of sp³-hybridized carbons (Fsp3) is 0.0571. The number of hydrogen-bond acceptors (Lipinski definition) is 1. The molecule has 0 atom stereocenters. The Balaban J connectivity index is 1.81. The van der Waals surface area contributed by atoms with Gasteiger partial charge in [-0.15, -0.1) is 21.9 Å². The molecule has 0 aliphatic rings. The molecule has 0 saturated heterocycles. The first-order chi connectivity index (χ1) is 21.6. The van der Waals surface area contributed by atoms with Crippen molar-refractivity contribution in [3.63, 3.8) is 0 Å². The number of para-hydroxylation sites is 2. The average Bonchev–Trinajstić information content (AvgIpc) is 3.45. The van der Waals surface area contributed by atoms with Crippen LogP contribution in [0.5, 0.6) is 0 Å². The molecule has 6 aromatic carbocycles. The first kappa shape index (κ1) is 29.5. The zero-order chi connectivity index (χ0) is 31.7. The summed E-state index contributed by atoms with van der Waals surface area (Å²) in [7, 11) is 53.9. The van der Waals surface area contributed by atoms with Gasteiger partial charge >= 0.3 is 0 Å². The van der Waals surface area contributed by atoms with Gasteiger partial charge in [-0.2, -0.15) is 0 Å². The van der Waals surface area contributed by atoms with Crippen molar-refractivity contribution >= 4 is 139 Å². The molecule has 192 valence electrons.